The SMILES string of the molecule is C=Cc1cccc(N(c2cccc(C)c2)c2cc(N(c3cccc(C)c3)c3cccc(C)c3)cc(N(c3cccc(C)c3)c3cccc(C)c3)c2)c1. The Morgan fingerprint density at radius 2 is 0.558 bits per heavy atom. The van der Waals surface area contributed by atoms with Crippen LogP contribution in [0.15, 0.2) is 170 Å². The lowest BCUT2D eigenvalue weighted by Gasteiger charge is -2.33. The van der Waals surface area contributed by atoms with E-state index in [0.29, 0.717) is 0 Å². The second-order valence-electron chi connectivity index (χ2n) is 13.7. The van der Waals surface area contributed by atoms with Crippen LogP contribution in [0.25, 0.3) is 6.08 Å². The third-order valence-corrected chi connectivity index (χ3v) is 9.33. The zero-order valence-corrected chi connectivity index (χ0v) is 30.7. The molecule has 0 N–H and O–H groups in total. The van der Waals surface area contributed by atoms with Crippen molar-refractivity contribution in [3.63, 3.8) is 0 Å². The third-order valence-electron chi connectivity index (χ3n) is 9.33. The first-order valence-corrected chi connectivity index (χ1v) is 17.9. The molecule has 256 valence electrons. The number of rotatable bonds is 10. The van der Waals surface area contributed by atoms with Crippen LogP contribution < -0.4 is 14.7 Å². The molecule has 3 heteroatoms. The van der Waals surface area contributed by atoms with Crippen LogP contribution in [0.3, 0.4) is 0 Å². The largest absolute Gasteiger partial charge is 0.310 e. The number of benzene rings is 7. The van der Waals surface area contributed by atoms with E-state index in [4.69, 9.17) is 0 Å². The van der Waals surface area contributed by atoms with Crippen LogP contribution in [-0.4, -0.2) is 0 Å². The van der Waals surface area contributed by atoms with Gasteiger partial charge in [0.05, 0.1) is 17.1 Å². The molecule has 0 aliphatic carbocycles. The number of nitrogens with zero attached hydrogens (tertiary/aromatic N) is 3. The Morgan fingerprint density at radius 1 is 0.308 bits per heavy atom. The zero-order chi connectivity index (χ0) is 36.2. The van der Waals surface area contributed by atoms with E-state index in [0.717, 1.165) is 56.7 Å². The molecule has 0 radical (unpaired) electrons. The maximum Gasteiger partial charge on any atom is 0.0503 e. The molecule has 0 saturated carbocycles. The van der Waals surface area contributed by atoms with Crippen molar-refractivity contribution in [2.45, 2.75) is 34.6 Å². The Balaban J connectivity index is 1.58. The van der Waals surface area contributed by atoms with Crippen LogP contribution in [-0.2, 0) is 0 Å². The van der Waals surface area contributed by atoms with Crippen molar-refractivity contribution in [3.8, 4) is 0 Å². The van der Waals surface area contributed by atoms with Gasteiger partial charge in [-0.2, -0.15) is 0 Å². The molecule has 0 atom stereocenters. The summed E-state index contributed by atoms with van der Waals surface area (Å²) in [5, 5.41) is 0. The molecular formula is C49H45N3. The van der Waals surface area contributed by atoms with Gasteiger partial charge in [0.2, 0.25) is 0 Å². The first-order chi connectivity index (χ1) is 25.2. The van der Waals surface area contributed by atoms with Gasteiger partial charge < -0.3 is 14.7 Å². The molecule has 0 aliphatic heterocycles. The van der Waals surface area contributed by atoms with E-state index in [1.807, 2.05) is 6.08 Å². The predicted molar refractivity (Wildman–Crippen MR) is 224 cm³/mol. The van der Waals surface area contributed by atoms with Crippen molar-refractivity contribution >= 4 is 57.3 Å². The second kappa shape index (κ2) is 14.9. The Labute approximate surface area is 309 Å². The summed E-state index contributed by atoms with van der Waals surface area (Å²) in [5.41, 5.74) is 16.7. The summed E-state index contributed by atoms with van der Waals surface area (Å²) in [4.78, 5) is 7.13. The minimum absolute atomic E-state index is 1.04. The normalized spacial score (nSPS) is 10.9. The van der Waals surface area contributed by atoms with Gasteiger partial charge in [-0.3, -0.25) is 0 Å². The molecule has 0 heterocycles. The molecular weight excluding hydrogens is 631 g/mol. The number of aryl methyl sites for hydroxylation is 5. The molecule has 3 nitrogen and oxygen atoms in total. The molecule has 7 aromatic rings. The summed E-state index contributed by atoms with van der Waals surface area (Å²) in [5.74, 6) is 0. The standard InChI is InChI=1S/C49H45N3/c1-7-40-19-13-25-46(31-40)52(45-24-12-18-39(6)30-45)49-33-47(50(41-20-8-14-35(2)26-41)42-21-9-15-36(3)27-42)32-48(34-49)51(43-22-10-16-37(4)28-43)44-23-11-17-38(5)29-44/h7-34H,1H2,2-6H3. The number of anilines is 9. The van der Waals surface area contributed by atoms with Crippen LogP contribution in [0.4, 0.5) is 51.2 Å². The van der Waals surface area contributed by atoms with Crippen LogP contribution in [0.1, 0.15) is 33.4 Å². The molecule has 0 bridgehead atoms. The van der Waals surface area contributed by atoms with E-state index in [1.54, 1.807) is 0 Å². The molecule has 52 heavy (non-hydrogen) atoms. The van der Waals surface area contributed by atoms with E-state index < -0.39 is 0 Å². The van der Waals surface area contributed by atoms with Crippen molar-refractivity contribution in [1.29, 1.82) is 0 Å². The number of hydrogen-bond acceptors (Lipinski definition) is 3. The van der Waals surface area contributed by atoms with Gasteiger partial charge in [-0.15, -0.1) is 0 Å². The lowest BCUT2D eigenvalue weighted by molar-refractivity contribution is 1.21. The smallest absolute Gasteiger partial charge is 0.0503 e. The van der Waals surface area contributed by atoms with Crippen molar-refractivity contribution in [2.75, 3.05) is 14.7 Å². The summed E-state index contributed by atoms with van der Waals surface area (Å²) in [6, 6.07) is 59.3. The van der Waals surface area contributed by atoms with Gasteiger partial charge in [-0.05, 0) is 159 Å². The first-order valence-electron chi connectivity index (χ1n) is 17.9. The van der Waals surface area contributed by atoms with Crippen molar-refractivity contribution < 1.29 is 0 Å². The molecule has 7 aromatic carbocycles. The van der Waals surface area contributed by atoms with Crippen LogP contribution >= 0.6 is 0 Å². The van der Waals surface area contributed by atoms with Gasteiger partial charge in [-0.1, -0.05) is 85.5 Å². The highest BCUT2D eigenvalue weighted by Crippen LogP contribution is 2.46. The third kappa shape index (κ3) is 7.40. The molecule has 0 amide bonds. The minimum Gasteiger partial charge on any atom is -0.310 e. The fraction of sp³-hybridized carbons (Fsp3) is 0.102. The highest BCUT2D eigenvalue weighted by molar-refractivity contribution is 5.89. The fourth-order valence-electron chi connectivity index (χ4n) is 6.93. The predicted octanol–water partition coefficient (Wildman–Crippen LogP) is 14.3. The van der Waals surface area contributed by atoms with Gasteiger partial charge in [-0.25, -0.2) is 0 Å². The monoisotopic (exact) mass is 675 g/mol. The maximum absolute atomic E-state index is 4.10. The summed E-state index contributed by atoms with van der Waals surface area (Å²) >= 11 is 0. The topological polar surface area (TPSA) is 9.72 Å². The molecule has 0 saturated heterocycles. The van der Waals surface area contributed by atoms with Gasteiger partial charge in [0.1, 0.15) is 0 Å². The lowest BCUT2D eigenvalue weighted by Crippen LogP contribution is -2.16. The van der Waals surface area contributed by atoms with E-state index >= 15 is 0 Å². The van der Waals surface area contributed by atoms with E-state index in [2.05, 4.69) is 220 Å². The van der Waals surface area contributed by atoms with Crippen molar-refractivity contribution in [1.82, 2.24) is 0 Å². The lowest BCUT2D eigenvalue weighted by atomic mass is 10.1. The molecule has 0 aromatic heterocycles. The van der Waals surface area contributed by atoms with Crippen LogP contribution in [0, 0.1) is 34.6 Å². The van der Waals surface area contributed by atoms with Gasteiger partial charge in [0, 0.05) is 34.1 Å². The molecule has 0 spiro atoms. The molecule has 7 rings (SSSR count). The first kappa shape index (κ1) is 34.1. The van der Waals surface area contributed by atoms with Gasteiger partial charge >= 0.3 is 0 Å². The maximum atomic E-state index is 4.10. The van der Waals surface area contributed by atoms with Crippen LogP contribution in [0.5, 0.6) is 0 Å². The summed E-state index contributed by atoms with van der Waals surface area (Å²) in [6.45, 7) is 14.9. The quantitative estimate of drug-likeness (QED) is 0.143. The highest BCUT2D eigenvalue weighted by atomic mass is 15.2. The van der Waals surface area contributed by atoms with Crippen molar-refractivity contribution in [2.24, 2.45) is 0 Å². The van der Waals surface area contributed by atoms with Gasteiger partial charge in [0.15, 0.2) is 0 Å². The van der Waals surface area contributed by atoms with E-state index in [-0.39, 0.29) is 0 Å². The molecule has 0 fully saturated rings. The summed E-state index contributed by atoms with van der Waals surface area (Å²) < 4.78 is 0. The zero-order valence-electron chi connectivity index (χ0n) is 30.7. The van der Waals surface area contributed by atoms with Crippen molar-refractivity contribution in [3.05, 3.63) is 204 Å². The Kier molecular flexibility index (Phi) is 9.77. The van der Waals surface area contributed by atoms with E-state index in [1.165, 1.54) is 27.8 Å². The Morgan fingerprint density at radius 3 is 0.808 bits per heavy atom. The summed E-state index contributed by atoms with van der Waals surface area (Å²) in [7, 11) is 0. The minimum atomic E-state index is 1.04. The van der Waals surface area contributed by atoms with E-state index in [9.17, 15) is 0 Å². The Bertz CT molecular complexity index is 2170. The summed E-state index contributed by atoms with van der Waals surface area (Å²) in [6.07, 6.45) is 1.91. The fourth-order valence-corrected chi connectivity index (χ4v) is 6.93. The average molecular weight is 676 g/mol. The highest BCUT2D eigenvalue weighted by Gasteiger charge is 2.23. The molecule has 0 unspecified atom stereocenters. The van der Waals surface area contributed by atoms with Gasteiger partial charge in [0.25, 0.3) is 0 Å². The Hall–Kier alpha value is -6.32. The average Bonchev–Trinajstić information content (AvgIpc) is 3.12. The second-order valence-corrected chi connectivity index (χ2v) is 13.7. The number of hydrogen-bond donors (Lipinski definition) is 0. The molecule has 0 aliphatic rings. The van der Waals surface area contributed by atoms with Crippen LogP contribution in [0.2, 0.25) is 0 Å².